The molecule has 2 aliphatic carbocycles. The topological polar surface area (TPSA) is 77.1 Å². The number of unbranched alkanes of at least 4 members (excludes halogenated alkanes) is 1. The molecule has 1 N–H and O–H groups in total. The smallest absolute Gasteiger partial charge is 0.410 e. The fraction of sp³-hybridized carbons (Fsp3) is 0.444. The van der Waals surface area contributed by atoms with E-state index in [2.05, 4.69) is 24.4 Å². The highest BCUT2D eigenvalue weighted by Gasteiger charge is 2.55. The average molecular weight is 583 g/mol. The number of amides is 1. The molecule has 3 atom stereocenters. The zero-order chi connectivity index (χ0) is 29.8. The lowest BCUT2D eigenvalue weighted by molar-refractivity contribution is -0.0137. The summed E-state index contributed by atoms with van der Waals surface area (Å²) >= 11 is 0. The van der Waals surface area contributed by atoms with Crippen molar-refractivity contribution in [3.05, 3.63) is 89.0 Å². The standard InChI is InChI=1S/C36H42N2O5/c1-3-4-20-42-33-23-29-26(21-31(33)37-30-16-9-8-14-27(30)34(39)41-2)22-32-28-15-10-11-17-36(28,29)18-19-38(32)35(40)43-24-25-12-6-5-7-13-25/h5-9,12-14,16,21,23,28,32,37H,3-4,10-11,15,17-20,22,24H2,1-2H3/t28?,32-,36-/m0/s1. The zero-order valence-corrected chi connectivity index (χ0v) is 25.3. The Balaban J connectivity index is 1.35. The van der Waals surface area contributed by atoms with Gasteiger partial charge >= 0.3 is 12.1 Å². The first-order chi connectivity index (χ1) is 21.0. The maximum atomic E-state index is 13.5. The van der Waals surface area contributed by atoms with Crippen molar-refractivity contribution in [1.82, 2.24) is 4.90 Å². The lowest BCUT2D eigenvalue weighted by atomic mass is 9.52. The van der Waals surface area contributed by atoms with E-state index in [0.29, 0.717) is 30.3 Å². The molecule has 43 heavy (non-hydrogen) atoms. The molecule has 3 aliphatic rings. The molecule has 7 heteroatoms. The van der Waals surface area contributed by atoms with Gasteiger partial charge in [0.15, 0.2) is 0 Å². The van der Waals surface area contributed by atoms with Crippen LogP contribution in [0.25, 0.3) is 0 Å². The molecule has 0 spiro atoms. The first-order valence-corrected chi connectivity index (χ1v) is 15.8. The Morgan fingerprint density at radius 1 is 1.00 bits per heavy atom. The number of rotatable bonds is 9. The predicted molar refractivity (Wildman–Crippen MR) is 167 cm³/mol. The Bertz CT molecular complexity index is 1460. The Labute approximate surface area is 254 Å². The maximum Gasteiger partial charge on any atom is 0.410 e. The van der Waals surface area contributed by atoms with Crippen molar-refractivity contribution in [2.24, 2.45) is 5.92 Å². The van der Waals surface area contributed by atoms with Crippen LogP contribution in [0.1, 0.15) is 78.9 Å². The molecule has 7 nitrogen and oxygen atoms in total. The van der Waals surface area contributed by atoms with Gasteiger partial charge < -0.3 is 24.4 Å². The van der Waals surface area contributed by atoms with Crippen molar-refractivity contribution >= 4 is 23.4 Å². The highest BCUT2D eigenvalue weighted by atomic mass is 16.6. The number of esters is 1. The van der Waals surface area contributed by atoms with Gasteiger partial charge in [-0.05, 0) is 79.0 Å². The van der Waals surface area contributed by atoms with E-state index in [1.54, 1.807) is 6.07 Å². The second-order valence-corrected chi connectivity index (χ2v) is 12.1. The zero-order valence-electron chi connectivity index (χ0n) is 25.3. The quantitative estimate of drug-likeness (QED) is 0.205. The fourth-order valence-corrected chi connectivity index (χ4v) is 7.64. The summed E-state index contributed by atoms with van der Waals surface area (Å²) in [7, 11) is 1.40. The van der Waals surface area contributed by atoms with Crippen molar-refractivity contribution in [1.29, 1.82) is 0 Å². The molecule has 2 fully saturated rings. The second-order valence-electron chi connectivity index (χ2n) is 12.1. The minimum absolute atomic E-state index is 0.0258. The molecule has 1 aliphatic heterocycles. The lowest BCUT2D eigenvalue weighted by Crippen LogP contribution is -2.62. The number of hydrogen-bond donors (Lipinski definition) is 1. The van der Waals surface area contributed by atoms with Crippen molar-refractivity contribution in [3.8, 4) is 5.75 Å². The van der Waals surface area contributed by atoms with Gasteiger partial charge in [-0.1, -0.05) is 68.7 Å². The third-order valence-corrected chi connectivity index (χ3v) is 9.73. The number of carbonyl (C=O) groups excluding carboxylic acids is 2. The van der Waals surface area contributed by atoms with Gasteiger partial charge in [0.2, 0.25) is 0 Å². The van der Waals surface area contributed by atoms with Crippen LogP contribution in [0.3, 0.4) is 0 Å². The molecule has 1 saturated carbocycles. The van der Waals surface area contributed by atoms with Crippen LogP contribution in [0.5, 0.6) is 5.75 Å². The molecule has 1 unspecified atom stereocenters. The number of nitrogens with one attached hydrogen (secondary N) is 1. The highest BCUT2D eigenvalue weighted by molar-refractivity contribution is 5.96. The maximum absolute atomic E-state index is 13.5. The van der Waals surface area contributed by atoms with Crippen LogP contribution in [-0.4, -0.2) is 43.3 Å². The third kappa shape index (κ3) is 5.69. The molecule has 6 rings (SSSR count). The Kier molecular flexibility index (Phi) is 8.59. The van der Waals surface area contributed by atoms with Crippen molar-refractivity contribution in [3.63, 3.8) is 0 Å². The first-order valence-electron chi connectivity index (χ1n) is 15.8. The summed E-state index contributed by atoms with van der Waals surface area (Å²) in [6.45, 7) is 3.77. The second kappa shape index (κ2) is 12.7. The van der Waals surface area contributed by atoms with E-state index in [9.17, 15) is 9.59 Å². The van der Waals surface area contributed by atoms with Crippen LogP contribution in [0.15, 0.2) is 66.7 Å². The number of hydrogen-bond acceptors (Lipinski definition) is 6. The van der Waals surface area contributed by atoms with E-state index in [4.69, 9.17) is 14.2 Å². The van der Waals surface area contributed by atoms with Crippen LogP contribution in [0, 0.1) is 5.92 Å². The van der Waals surface area contributed by atoms with Gasteiger partial charge in [-0.3, -0.25) is 0 Å². The molecule has 226 valence electrons. The van der Waals surface area contributed by atoms with E-state index in [0.717, 1.165) is 55.5 Å². The molecule has 2 bridgehead atoms. The first kappa shape index (κ1) is 29.1. The number of ether oxygens (including phenoxy) is 3. The Morgan fingerprint density at radius 2 is 1.81 bits per heavy atom. The number of nitrogens with zero attached hydrogens (tertiary/aromatic N) is 1. The van der Waals surface area contributed by atoms with Crippen molar-refractivity contribution in [2.75, 3.05) is 25.6 Å². The van der Waals surface area contributed by atoms with Crippen LogP contribution < -0.4 is 10.1 Å². The number of fused-ring (bicyclic) bond motifs is 1. The van der Waals surface area contributed by atoms with Gasteiger partial charge in [0.05, 0.1) is 30.7 Å². The number of anilines is 2. The molecule has 3 aromatic carbocycles. The monoisotopic (exact) mass is 582 g/mol. The summed E-state index contributed by atoms with van der Waals surface area (Å²) in [6, 6.07) is 21.8. The molecule has 0 radical (unpaired) electrons. The van der Waals surface area contributed by atoms with E-state index in [-0.39, 0.29) is 24.2 Å². The van der Waals surface area contributed by atoms with Crippen LogP contribution >= 0.6 is 0 Å². The van der Waals surface area contributed by atoms with Crippen LogP contribution in [0.2, 0.25) is 0 Å². The Morgan fingerprint density at radius 3 is 2.63 bits per heavy atom. The fourth-order valence-electron chi connectivity index (χ4n) is 7.64. The van der Waals surface area contributed by atoms with Gasteiger partial charge in [-0.15, -0.1) is 0 Å². The van der Waals surface area contributed by atoms with Crippen LogP contribution in [0.4, 0.5) is 16.2 Å². The van der Waals surface area contributed by atoms with Gasteiger partial charge in [0.1, 0.15) is 12.4 Å². The largest absolute Gasteiger partial charge is 0.491 e. The van der Waals surface area contributed by atoms with E-state index >= 15 is 0 Å². The summed E-state index contributed by atoms with van der Waals surface area (Å²) in [5.41, 5.74) is 5.61. The van der Waals surface area contributed by atoms with Crippen LogP contribution in [-0.2, 0) is 27.9 Å². The highest BCUT2D eigenvalue weighted by Crippen LogP contribution is 2.57. The number of para-hydroxylation sites is 1. The summed E-state index contributed by atoms with van der Waals surface area (Å²) in [4.78, 5) is 28.1. The van der Waals surface area contributed by atoms with E-state index in [1.165, 1.54) is 31.1 Å². The molecule has 1 saturated heterocycles. The number of piperidine rings is 1. The van der Waals surface area contributed by atoms with Gasteiger partial charge in [-0.25, -0.2) is 9.59 Å². The summed E-state index contributed by atoms with van der Waals surface area (Å²) in [5.74, 6) is 0.820. The van der Waals surface area contributed by atoms with Gasteiger partial charge in [0.25, 0.3) is 0 Å². The average Bonchev–Trinajstić information content (AvgIpc) is 3.04. The molecular weight excluding hydrogens is 540 g/mol. The number of benzene rings is 3. The minimum atomic E-state index is -0.391. The lowest BCUT2D eigenvalue weighted by Gasteiger charge is -2.58. The van der Waals surface area contributed by atoms with Crippen molar-refractivity contribution in [2.45, 2.75) is 76.4 Å². The SMILES string of the molecule is CCCCOc1cc2c(cc1Nc1ccccc1C(=O)OC)C[C@H]1C3CCCC[C@@]23CCN1C(=O)OCc1ccccc1. The summed E-state index contributed by atoms with van der Waals surface area (Å²) in [6.07, 6.45) is 8.11. The molecular formula is C36H42N2O5. The predicted octanol–water partition coefficient (Wildman–Crippen LogP) is 7.79. The number of carbonyl (C=O) groups is 2. The summed E-state index contributed by atoms with van der Waals surface area (Å²) in [5, 5.41) is 3.51. The number of likely N-dealkylation sites (tertiary alicyclic amines) is 1. The Hall–Kier alpha value is -4.00. The minimum Gasteiger partial charge on any atom is -0.491 e. The van der Waals surface area contributed by atoms with E-state index < -0.39 is 5.97 Å². The van der Waals surface area contributed by atoms with Crippen molar-refractivity contribution < 1.29 is 23.8 Å². The molecule has 0 aromatic heterocycles. The summed E-state index contributed by atoms with van der Waals surface area (Å²) < 4.78 is 17.3. The molecule has 1 heterocycles. The van der Waals surface area contributed by atoms with Gasteiger partial charge in [0, 0.05) is 18.0 Å². The molecule has 3 aromatic rings. The normalized spacial score (nSPS) is 22.1. The third-order valence-electron chi connectivity index (χ3n) is 9.73. The number of methoxy groups -OCH3 is 1. The van der Waals surface area contributed by atoms with E-state index in [1.807, 2.05) is 53.4 Å². The molecule has 1 amide bonds. The van der Waals surface area contributed by atoms with Gasteiger partial charge in [-0.2, -0.15) is 0 Å².